The lowest BCUT2D eigenvalue weighted by molar-refractivity contribution is -0.142. The minimum atomic E-state index is -4.98. The van der Waals surface area contributed by atoms with E-state index in [9.17, 15) is 63.1 Å². The van der Waals surface area contributed by atoms with Crippen molar-refractivity contribution < 1.29 is 77.3 Å². The van der Waals surface area contributed by atoms with E-state index in [2.05, 4.69) is 71.9 Å². The average molecular weight is 1330 g/mol. The minimum absolute atomic E-state index is 0.0231. The molecule has 0 spiro atoms. The molecule has 1 aliphatic rings. The van der Waals surface area contributed by atoms with Crippen molar-refractivity contribution in [3.63, 3.8) is 0 Å². The molecule has 0 saturated heterocycles. The maximum Gasteiger partial charge on any atom is 0.411 e. The molecular weight excluding hydrogens is 1250 g/mol. The SMILES string of the molecule is COC(=O)[C@H](CNC(=O)C1=Nc2cc(CNc3nccn3C(c3ccccc3)(c3ccccc3)c3ccccc3)ccc2C(=O)[C@H]1C)NS(=O)(=O)c1c(C)cc(OCCCC(=O)NCCNC(=O)[C@H](CS(=O)(=O)O)N(C(=O)OC(C)(C)C)[C@H](C)CS(=O)(=O)O)cc1C. The Morgan fingerprint density at radius 2 is 1.33 bits per heavy atom. The van der Waals surface area contributed by atoms with Crippen molar-refractivity contribution in [3.05, 3.63) is 173 Å². The standard InChI is InChI=1S/C63H75N9O17S3/c1-40-33-48(88-32-18-25-53(73)64-28-29-65-57(75)52(39-91(82,83)84)72(42(3)38-90(79,80)81)61(78)89-62(5,6)7)34-41(2)56(40)92(85,86)70-51(59(77)87-8)37-67-58(76)54-43(4)55(74)49-27-26-44(35-50(49)69-54)36-68-60-66-30-31-71(60)63(45-19-12-9-13-20-45,46-21-14-10-15-22-46)47-23-16-11-17-24-47/h9-17,19-24,26-27,30-31,33-35,42-43,51-52,70H,18,25,28-29,32,36-39H2,1-8H3,(H,64,73)(H,65,75)(H,66,68)(H,67,76)(H,79,80,81)(H,82,83,84)/t42-,43+,51+,52+/m1/s1. The fraction of sp³-hybridized carbons (Fsp3) is 0.365. The lowest BCUT2D eigenvalue weighted by Crippen LogP contribution is -2.58. The molecule has 0 fully saturated rings. The van der Waals surface area contributed by atoms with Gasteiger partial charge in [0.2, 0.25) is 27.8 Å². The lowest BCUT2D eigenvalue weighted by Gasteiger charge is -2.38. The van der Waals surface area contributed by atoms with E-state index >= 15 is 0 Å². The van der Waals surface area contributed by atoms with Crippen LogP contribution in [0.4, 0.5) is 16.4 Å². The normalized spacial score (nSPS) is 14.5. The van der Waals surface area contributed by atoms with E-state index in [0.29, 0.717) is 22.0 Å². The van der Waals surface area contributed by atoms with Crippen molar-refractivity contribution in [3.8, 4) is 5.75 Å². The number of carbonyl (C=O) groups excluding carboxylic acids is 6. The highest BCUT2D eigenvalue weighted by Gasteiger charge is 2.42. The van der Waals surface area contributed by atoms with Gasteiger partial charge in [-0.1, -0.05) is 97.1 Å². The zero-order chi connectivity index (χ0) is 67.3. The summed E-state index contributed by atoms with van der Waals surface area (Å²) in [7, 11) is -13.2. The van der Waals surface area contributed by atoms with Gasteiger partial charge in [-0.05, 0) is 113 Å². The quantitative estimate of drug-likeness (QED) is 0.0129. The number of aromatic nitrogens is 2. The number of anilines is 1. The van der Waals surface area contributed by atoms with E-state index in [1.807, 2.05) is 60.8 Å². The number of aryl methyl sites for hydroxylation is 2. The molecule has 26 nitrogen and oxygen atoms in total. The van der Waals surface area contributed by atoms with Crippen LogP contribution in [0.3, 0.4) is 0 Å². The first kappa shape index (κ1) is 70.6. The van der Waals surface area contributed by atoms with E-state index in [4.69, 9.17) is 19.2 Å². The Kier molecular flexibility index (Phi) is 23.1. The number of hydrogen-bond donors (Lipinski definition) is 7. The number of sulfonamides is 1. The van der Waals surface area contributed by atoms with E-state index in [0.717, 1.165) is 30.7 Å². The average Bonchev–Trinajstić information content (AvgIpc) is 1.25. The molecule has 0 unspecified atom stereocenters. The smallest absolute Gasteiger partial charge is 0.411 e. The minimum Gasteiger partial charge on any atom is -0.494 e. The van der Waals surface area contributed by atoms with Gasteiger partial charge in [-0.15, -0.1) is 0 Å². The third-order valence-corrected chi connectivity index (χ3v) is 18.1. The number of ether oxygens (including phenoxy) is 3. The number of rotatable bonds is 29. The number of amides is 4. The largest absolute Gasteiger partial charge is 0.494 e. The molecule has 7 N–H and O–H groups in total. The summed E-state index contributed by atoms with van der Waals surface area (Å²) < 4.78 is 115. The molecule has 2 heterocycles. The van der Waals surface area contributed by atoms with E-state index in [-0.39, 0.29) is 78.0 Å². The van der Waals surface area contributed by atoms with Crippen molar-refractivity contribution in [1.29, 1.82) is 0 Å². The van der Waals surface area contributed by atoms with Crippen LogP contribution in [0.2, 0.25) is 0 Å². The van der Waals surface area contributed by atoms with Gasteiger partial charge in [-0.2, -0.15) is 21.6 Å². The number of carbonyl (C=O) groups is 6. The number of methoxy groups -OCH3 is 1. The highest BCUT2D eigenvalue weighted by atomic mass is 32.2. The first-order chi connectivity index (χ1) is 43.3. The van der Waals surface area contributed by atoms with E-state index < -0.39 is 113 Å². The van der Waals surface area contributed by atoms with Crippen molar-refractivity contribution in [2.75, 3.05) is 50.2 Å². The first-order valence-electron chi connectivity index (χ1n) is 29.1. The van der Waals surface area contributed by atoms with Gasteiger partial charge in [0.05, 0.1) is 36.0 Å². The zero-order valence-electron chi connectivity index (χ0n) is 51.9. The Bertz CT molecular complexity index is 3930. The maximum atomic E-state index is 14.1. The molecule has 1 aromatic heterocycles. The van der Waals surface area contributed by atoms with E-state index in [1.54, 1.807) is 24.4 Å². The third kappa shape index (κ3) is 18.0. The van der Waals surface area contributed by atoms with E-state index in [1.165, 1.54) is 53.7 Å². The van der Waals surface area contributed by atoms with Gasteiger partial charge < -0.3 is 35.5 Å². The zero-order valence-corrected chi connectivity index (χ0v) is 54.4. The molecule has 1 aliphatic heterocycles. The number of fused-ring (bicyclic) bond motifs is 1. The molecule has 0 aliphatic carbocycles. The first-order valence-corrected chi connectivity index (χ1v) is 33.8. The van der Waals surface area contributed by atoms with Gasteiger partial charge in [0, 0.05) is 56.6 Å². The molecule has 0 radical (unpaired) electrons. The Morgan fingerprint density at radius 1 is 0.761 bits per heavy atom. The molecular formula is C63H75N9O17S3. The summed E-state index contributed by atoms with van der Waals surface area (Å²) in [6.07, 6.45) is 2.39. The van der Waals surface area contributed by atoms with Crippen LogP contribution in [0.25, 0.3) is 0 Å². The van der Waals surface area contributed by atoms with Crippen LogP contribution in [0, 0.1) is 19.8 Å². The monoisotopic (exact) mass is 1330 g/mol. The number of hydrogen-bond acceptors (Lipinski definition) is 18. The Balaban J connectivity index is 0.946. The number of ketones is 1. The highest BCUT2D eigenvalue weighted by Crippen LogP contribution is 2.43. The number of Topliss-reactive ketones (excluding diaryl/α,β-unsaturated/α-hetero) is 1. The Labute approximate surface area is 534 Å². The second-order valence-corrected chi connectivity index (χ2v) is 27.5. The summed E-state index contributed by atoms with van der Waals surface area (Å²) in [5.41, 5.74) is 2.43. The number of esters is 1. The van der Waals surface area contributed by atoms with Crippen molar-refractivity contribution in [1.82, 2.24) is 35.1 Å². The van der Waals surface area contributed by atoms with Gasteiger partial charge in [-0.25, -0.2) is 23.2 Å². The maximum absolute atomic E-state index is 14.1. The summed E-state index contributed by atoms with van der Waals surface area (Å²) in [4.78, 5) is 89.8. The fourth-order valence-corrected chi connectivity index (χ4v) is 13.9. The number of nitrogens with one attached hydrogen (secondary N) is 5. The fourth-order valence-electron chi connectivity index (χ4n) is 10.7. The molecule has 492 valence electrons. The molecule has 5 aromatic carbocycles. The van der Waals surface area contributed by atoms with Crippen molar-refractivity contribution in [2.24, 2.45) is 10.9 Å². The van der Waals surface area contributed by atoms with Gasteiger partial charge in [0.25, 0.3) is 26.1 Å². The predicted octanol–water partition coefficient (Wildman–Crippen LogP) is 5.65. The molecule has 4 atom stereocenters. The third-order valence-electron chi connectivity index (χ3n) is 14.7. The van der Waals surface area contributed by atoms with Crippen molar-refractivity contribution in [2.45, 2.75) is 102 Å². The van der Waals surface area contributed by atoms with Crippen LogP contribution in [0.1, 0.15) is 91.2 Å². The molecule has 7 rings (SSSR count). The Hall–Kier alpha value is -8.87. The van der Waals surface area contributed by atoms with Gasteiger partial charge in [0.15, 0.2) is 5.78 Å². The van der Waals surface area contributed by atoms with Crippen LogP contribution in [0.15, 0.2) is 144 Å². The molecule has 0 saturated carbocycles. The number of benzene rings is 5. The molecule has 6 aromatic rings. The van der Waals surface area contributed by atoms with Crippen LogP contribution in [0.5, 0.6) is 5.75 Å². The second kappa shape index (κ2) is 30.0. The summed E-state index contributed by atoms with van der Waals surface area (Å²) in [5, 5.41) is 10.9. The Morgan fingerprint density at radius 3 is 1.87 bits per heavy atom. The van der Waals surface area contributed by atoms with Crippen LogP contribution < -0.4 is 30.7 Å². The molecule has 29 heteroatoms. The predicted molar refractivity (Wildman–Crippen MR) is 341 cm³/mol. The summed E-state index contributed by atoms with van der Waals surface area (Å²) >= 11 is 0. The molecule has 92 heavy (non-hydrogen) atoms. The van der Waals surface area contributed by atoms with Crippen LogP contribution in [-0.2, 0) is 71.0 Å². The van der Waals surface area contributed by atoms with Crippen LogP contribution >= 0.6 is 0 Å². The van der Waals surface area contributed by atoms with Crippen LogP contribution in [-0.4, -0.2) is 159 Å². The summed E-state index contributed by atoms with van der Waals surface area (Å²) in [6.45, 7) is 9.10. The van der Waals surface area contributed by atoms with Gasteiger partial charge in [0.1, 0.15) is 40.4 Å². The molecule has 4 amide bonds. The summed E-state index contributed by atoms with van der Waals surface area (Å²) in [5.74, 6) is -6.59. The highest BCUT2D eigenvalue weighted by molar-refractivity contribution is 7.89. The molecule has 0 bridgehead atoms. The topological polar surface area (TPSA) is 367 Å². The summed E-state index contributed by atoms with van der Waals surface area (Å²) in [6, 6.07) is 33.1. The lowest BCUT2D eigenvalue weighted by atomic mass is 9.76. The van der Waals surface area contributed by atoms with Gasteiger partial charge >= 0.3 is 12.1 Å². The number of imidazole rings is 1. The number of nitrogens with zero attached hydrogens (tertiary/aromatic N) is 4. The van der Waals surface area contributed by atoms with Crippen molar-refractivity contribution >= 4 is 83.2 Å². The number of aliphatic imine (C=N–C) groups is 1. The second-order valence-electron chi connectivity index (χ2n) is 22.9. The van der Waals surface area contributed by atoms with Gasteiger partial charge in [-0.3, -0.25) is 42.5 Å².